The largest absolute Gasteiger partial charge is 0.497 e. The number of nitrogens with one attached hydrogen (secondary N) is 1. The molecule has 0 aliphatic heterocycles. The van der Waals surface area contributed by atoms with Gasteiger partial charge in [0.05, 0.1) is 34.0 Å². The number of methoxy groups -OCH3 is 1. The lowest BCUT2D eigenvalue weighted by atomic mass is 10.1. The molecule has 186 valence electrons. The van der Waals surface area contributed by atoms with E-state index < -0.39 is 39.3 Å². The molecule has 1 aromatic heterocycles. The van der Waals surface area contributed by atoms with Crippen LogP contribution >= 0.6 is 23.2 Å². The fraction of sp³-hybridized carbons (Fsp3) is 0.120. The molecule has 0 spiro atoms. The molecule has 0 bridgehead atoms. The number of benzene rings is 3. The fourth-order valence-electron chi connectivity index (χ4n) is 3.65. The zero-order valence-corrected chi connectivity index (χ0v) is 19.9. The highest BCUT2D eigenvalue weighted by molar-refractivity contribution is 6.50. The Morgan fingerprint density at radius 3 is 2.22 bits per heavy atom. The average Bonchev–Trinajstić information content (AvgIpc) is 3.18. The Balaban J connectivity index is 1.69. The maximum absolute atomic E-state index is 13.3. The van der Waals surface area contributed by atoms with Crippen molar-refractivity contribution in [2.75, 3.05) is 12.4 Å². The van der Waals surface area contributed by atoms with Gasteiger partial charge in [-0.1, -0.05) is 35.3 Å². The van der Waals surface area contributed by atoms with Crippen molar-refractivity contribution in [2.45, 2.75) is 12.7 Å². The molecule has 0 radical (unpaired) electrons. The molecule has 0 unspecified atom stereocenters. The molecule has 1 heterocycles. The second-order valence-electron chi connectivity index (χ2n) is 7.78. The van der Waals surface area contributed by atoms with E-state index in [-0.39, 0.29) is 17.8 Å². The molecule has 11 heteroatoms. The number of anilines is 1. The second kappa shape index (κ2) is 9.83. The van der Waals surface area contributed by atoms with E-state index in [9.17, 15) is 27.2 Å². The van der Waals surface area contributed by atoms with Crippen molar-refractivity contribution in [1.82, 2.24) is 4.57 Å². The molecular weight excluding hydrogens is 523 g/mol. The summed E-state index contributed by atoms with van der Waals surface area (Å²) in [5.41, 5.74) is -0.0597. The molecule has 0 fully saturated rings. The van der Waals surface area contributed by atoms with Crippen LogP contribution in [0.1, 0.15) is 21.5 Å². The number of rotatable bonds is 6. The minimum atomic E-state index is -4.70. The number of aromatic nitrogens is 1. The maximum Gasteiger partial charge on any atom is 0.416 e. The summed E-state index contributed by atoms with van der Waals surface area (Å²) in [4.78, 5) is 26.0. The quantitative estimate of drug-likeness (QED) is 0.163. The van der Waals surface area contributed by atoms with Crippen LogP contribution in [0.2, 0.25) is 10.0 Å². The van der Waals surface area contributed by atoms with Gasteiger partial charge in [0.1, 0.15) is 11.6 Å². The number of nitrogens with zero attached hydrogens (tertiary/aromatic N) is 1. The topological polar surface area (TPSA) is 60.3 Å². The molecule has 5 nitrogen and oxygen atoms in total. The third kappa shape index (κ3) is 5.17. The fourth-order valence-corrected chi connectivity index (χ4v) is 4.23. The summed E-state index contributed by atoms with van der Waals surface area (Å²) in [5, 5.41) is 1.66. The molecule has 0 aliphatic carbocycles. The van der Waals surface area contributed by atoms with Crippen LogP contribution in [0, 0.1) is 5.82 Å². The zero-order valence-electron chi connectivity index (χ0n) is 18.4. The minimum Gasteiger partial charge on any atom is -0.497 e. The Labute approximate surface area is 212 Å². The van der Waals surface area contributed by atoms with Crippen LogP contribution in [-0.4, -0.2) is 23.4 Å². The number of carbonyl (C=O) groups is 2. The minimum absolute atomic E-state index is 0.0164. The summed E-state index contributed by atoms with van der Waals surface area (Å²) in [6.07, 6.45) is -3.23. The molecule has 0 saturated heterocycles. The van der Waals surface area contributed by atoms with E-state index in [0.29, 0.717) is 28.8 Å². The number of Topliss-reactive ketones (excluding diaryl/α,β-unsaturated/α-hetero) is 1. The summed E-state index contributed by atoms with van der Waals surface area (Å²) < 4.78 is 59.2. The maximum atomic E-state index is 13.3. The van der Waals surface area contributed by atoms with E-state index in [1.54, 1.807) is 34.9 Å². The number of hydrogen-bond acceptors (Lipinski definition) is 3. The molecule has 1 N–H and O–H groups in total. The highest BCUT2D eigenvalue weighted by Gasteiger charge is 2.32. The Morgan fingerprint density at radius 2 is 1.64 bits per heavy atom. The van der Waals surface area contributed by atoms with Gasteiger partial charge in [-0.15, -0.1) is 0 Å². The third-order valence-electron chi connectivity index (χ3n) is 5.41. The highest BCUT2D eigenvalue weighted by Crippen LogP contribution is 2.38. The van der Waals surface area contributed by atoms with Crippen LogP contribution in [0.25, 0.3) is 10.9 Å². The first-order valence-corrected chi connectivity index (χ1v) is 11.1. The number of hydrogen-bond donors (Lipinski definition) is 1. The molecular formula is C25H16Cl2F4N2O3. The second-order valence-corrected chi connectivity index (χ2v) is 8.59. The SMILES string of the molecule is COc1ccc2c(c1)c(C(=O)C(=O)Nc1c(Cl)cc(C(F)(F)F)cc1Cl)cn2Cc1ccc(F)cc1. The molecule has 36 heavy (non-hydrogen) atoms. The van der Waals surface area contributed by atoms with E-state index >= 15 is 0 Å². The third-order valence-corrected chi connectivity index (χ3v) is 6.01. The van der Waals surface area contributed by atoms with Crippen molar-refractivity contribution in [2.24, 2.45) is 0 Å². The van der Waals surface area contributed by atoms with Crippen LogP contribution < -0.4 is 10.1 Å². The lowest BCUT2D eigenvalue weighted by Gasteiger charge is -2.13. The standard InChI is InChI=1S/C25H16Cl2F4N2O3/c1-36-16-6-7-21-17(10-16)18(12-33(21)11-13-2-4-15(28)5-3-13)23(34)24(35)32-22-19(26)8-14(9-20(22)27)25(29,30)31/h2-10,12H,11H2,1H3,(H,32,35). The van der Waals surface area contributed by atoms with Gasteiger partial charge in [-0.2, -0.15) is 13.2 Å². The first kappa shape index (κ1) is 25.5. The van der Waals surface area contributed by atoms with E-state index in [0.717, 1.165) is 5.56 Å². The van der Waals surface area contributed by atoms with Crippen LogP contribution in [0.3, 0.4) is 0 Å². The number of halogens is 6. The van der Waals surface area contributed by atoms with Crippen molar-refractivity contribution >= 4 is 51.5 Å². The van der Waals surface area contributed by atoms with Crippen molar-refractivity contribution < 1.29 is 31.9 Å². The van der Waals surface area contributed by atoms with Crippen LogP contribution in [-0.2, 0) is 17.5 Å². The first-order chi connectivity index (χ1) is 17.0. The molecule has 0 atom stereocenters. The van der Waals surface area contributed by atoms with Gasteiger partial charge >= 0.3 is 6.18 Å². The van der Waals surface area contributed by atoms with Gasteiger partial charge in [-0.3, -0.25) is 9.59 Å². The summed E-state index contributed by atoms with van der Waals surface area (Å²) in [6, 6.07) is 12.0. The summed E-state index contributed by atoms with van der Waals surface area (Å²) >= 11 is 11.8. The number of fused-ring (bicyclic) bond motifs is 1. The Hall–Kier alpha value is -3.56. The van der Waals surface area contributed by atoms with Crippen molar-refractivity contribution in [3.63, 3.8) is 0 Å². The molecule has 1 amide bonds. The highest BCUT2D eigenvalue weighted by atomic mass is 35.5. The van der Waals surface area contributed by atoms with Gasteiger partial charge in [-0.25, -0.2) is 4.39 Å². The van der Waals surface area contributed by atoms with E-state index in [1.165, 1.54) is 25.4 Å². The Kier molecular flexibility index (Phi) is 6.97. The van der Waals surface area contributed by atoms with Crippen LogP contribution in [0.4, 0.5) is 23.2 Å². The number of amides is 1. The van der Waals surface area contributed by atoms with Gasteiger partial charge < -0.3 is 14.6 Å². The van der Waals surface area contributed by atoms with Crippen molar-refractivity contribution in [1.29, 1.82) is 0 Å². The lowest BCUT2D eigenvalue weighted by molar-refractivity contribution is -0.137. The lowest BCUT2D eigenvalue weighted by Crippen LogP contribution is -2.23. The van der Waals surface area contributed by atoms with Crippen LogP contribution in [0.5, 0.6) is 5.75 Å². The summed E-state index contributed by atoms with van der Waals surface area (Å²) in [7, 11) is 1.44. The normalized spacial score (nSPS) is 11.5. The number of ether oxygens (including phenoxy) is 1. The predicted molar refractivity (Wildman–Crippen MR) is 128 cm³/mol. The van der Waals surface area contributed by atoms with E-state index in [2.05, 4.69) is 5.32 Å². The molecule has 0 aliphatic rings. The zero-order chi connectivity index (χ0) is 26.2. The van der Waals surface area contributed by atoms with E-state index in [1.807, 2.05) is 0 Å². The van der Waals surface area contributed by atoms with Crippen molar-refractivity contribution in [3.8, 4) is 5.75 Å². The Bertz CT molecular complexity index is 1460. The van der Waals surface area contributed by atoms with Crippen molar-refractivity contribution in [3.05, 3.63) is 93.3 Å². The van der Waals surface area contributed by atoms with Crippen LogP contribution in [0.15, 0.2) is 60.8 Å². The summed E-state index contributed by atoms with van der Waals surface area (Å²) in [5.74, 6) is -2.08. The monoisotopic (exact) mass is 538 g/mol. The van der Waals surface area contributed by atoms with Gasteiger partial charge in [0, 0.05) is 23.6 Å². The predicted octanol–water partition coefficient (Wildman–Crippen LogP) is 6.98. The molecule has 3 aromatic carbocycles. The number of ketones is 1. The van der Waals surface area contributed by atoms with Gasteiger partial charge in [0.25, 0.3) is 11.7 Å². The Morgan fingerprint density at radius 1 is 1.00 bits per heavy atom. The molecule has 4 rings (SSSR count). The number of carbonyl (C=O) groups excluding carboxylic acids is 2. The van der Waals surface area contributed by atoms with Gasteiger partial charge in [-0.05, 0) is 48.0 Å². The van der Waals surface area contributed by atoms with Gasteiger partial charge in [0.15, 0.2) is 0 Å². The average molecular weight is 539 g/mol. The number of alkyl halides is 3. The first-order valence-electron chi connectivity index (χ1n) is 10.3. The van der Waals surface area contributed by atoms with Gasteiger partial charge in [0.2, 0.25) is 0 Å². The summed E-state index contributed by atoms with van der Waals surface area (Å²) in [6.45, 7) is 0.272. The smallest absolute Gasteiger partial charge is 0.416 e. The molecule has 0 saturated carbocycles. The molecule has 4 aromatic rings. The van der Waals surface area contributed by atoms with E-state index in [4.69, 9.17) is 27.9 Å².